The second-order valence-electron chi connectivity index (χ2n) is 17.5. The summed E-state index contributed by atoms with van der Waals surface area (Å²) in [5, 5.41) is 3.82. The molecule has 8 rings (SSSR count). The van der Waals surface area contributed by atoms with Crippen molar-refractivity contribution < 1.29 is 25.8 Å². The second kappa shape index (κ2) is 15.0. The van der Waals surface area contributed by atoms with Crippen molar-refractivity contribution in [1.82, 2.24) is 0 Å². The number of hydrogen-bond donors (Lipinski definition) is 0. The van der Waals surface area contributed by atoms with Crippen LogP contribution in [0.2, 0.25) is 0 Å². The van der Waals surface area contributed by atoms with E-state index in [-0.39, 0.29) is 16.2 Å². The first kappa shape index (κ1) is 39.3. The van der Waals surface area contributed by atoms with Crippen LogP contribution in [0.25, 0.3) is 55.0 Å². The molecule has 0 atom stereocenters. The van der Waals surface area contributed by atoms with E-state index < -0.39 is 16.5 Å². The summed E-state index contributed by atoms with van der Waals surface area (Å²) in [6.07, 6.45) is 0. The molecule has 0 N–H and O–H groups in total. The van der Waals surface area contributed by atoms with E-state index in [1.807, 2.05) is 72.8 Å². The lowest BCUT2D eigenvalue weighted by Gasteiger charge is -2.29. The summed E-state index contributed by atoms with van der Waals surface area (Å²) in [5.74, 6) is 1.32. The zero-order chi connectivity index (χ0) is 40.3. The molecule has 0 fully saturated rings. The molecule has 0 aliphatic carbocycles. The van der Waals surface area contributed by atoms with Gasteiger partial charge in [-0.05, 0) is 92.4 Å². The fourth-order valence-electron chi connectivity index (χ4n) is 6.89. The monoisotopic (exact) mass is 908 g/mol. The largest absolute Gasteiger partial charge is 0.453 e. The molecule has 0 radical (unpaired) electrons. The minimum atomic E-state index is -1.97. The number of halogens is 1. The van der Waals surface area contributed by atoms with Gasteiger partial charge in [-0.2, -0.15) is 0 Å². The molecular weight excluding hydrogens is 861 g/mol. The molecule has 6 aromatic carbocycles. The lowest BCUT2D eigenvalue weighted by Crippen LogP contribution is -2.18. The highest BCUT2D eigenvalue weighted by Gasteiger charge is 2.31. The number of fused-ring (bicyclic) bond motifs is 6. The maximum Gasteiger partial charge on any atom is 0.453 e. The van der Waals surface area contributed by atoms with Gasteiger partial charge in [-0.1, -0.05) is 141 Å². The summed E-state index contributed by atoms with van der Waals surface area (Å²) in [7, 11) is -3.92. The predicted molar refractivity (Wildman–Crippen MR) is 245 cm³/mol. The van der Waals surface area contributed by atoms with Gasteiger partial charge in [0.25, 0.3) is 0 Å². The van der Waals surface area contributed by atoms with Gasteiger partial charge in [0.05, 0.1) is 3.57 Å². The number of benzene rings is 6. The van der Waals surface area contributed by atoms with Crippen molar-refractivity contribution in [2.45, 2.75) is 78.6 Å². The molecule has 6 nitrogen and oxygen atoms in total. The van der Waals surface area contributed by atoms with Gasteiger partial charge in [-0.25, -0.2) is 0 Å². The Labute approximate surface area is 349 Å². The maximum absolute atomic E-state index is 7.19. The molecule has 0 saturated carbocycles. The molecule has 292 valence electrons. The van der Waals surface area contributed by atoms with Crippen LogP contribution >= 0.6 is 39.1 Å². The molecule has 2 aromatic heterocycles. The molecule has 0 unspecified atom stereocenters. The molecule has 0 aliphatic heterocycles. The fourth-order valence-corrected chi connectivity index (χ4v) is 10.00. The third-order valence-electron chi connectivity index (χ3n) is 10.1. The van der Waals surface area contributed by atoms with Crippen molar-refractivity contribution in [3.8, 4) is 22.6 Å². The third-order valence-corrected chi connectivity index (χ3v) is 13.0. The van der Waals surface area contributed by atoms with Gasteiger partial charge in [0.15, 0.2) is 5.75 Å². The molecule has 8 aromatic rings. The minimum Gasteiger partial charge on any atom is -0.390 e. The van der Waals surface area contributed by atoms with Crippen molar-refractivity contribution in [1.29, 1.82) is 0 Å². The topological polar surface area (TPSA) is 71.0 Å². The van der Waals surface area contributed by atoms with Crippen LogP contribution in [0, 0.1) is 3.57 Å². The summed E-state index contributed by atoms with van der Waals surface area (Å²) in [6, 6.07) is 41.0. The highest BCUT2D eigenvalue weighted by atomic mass is 127. The lowest BCUT2D eigenvalue weighted by molar-refractivity contribution is 0.475. The Bertz CT molecular complexity index is 2770. The fraction of sp³-hybridized carbons (Fsp3) is 0.250. The van der Waals surface area contributed by atoms with Gasteiger partial charge in [0.2, 0.25) is 0 Å². The highest BCUT2D eigenvalue weighted by Crippen LogP contribution is 2.52. The van der Waals surface area contributed by atoms with Crippen molar-refractivity contribution in [3.63, 3.8) is 0 Å². The van der Waals surface area contributed by atoms with Crippen molar-refractivity contribution in [2.75, 3.05) is 0 Å². The second-order valence-corrected chi connectivity index (χ2v) is 20.6. The van der Waals surface area contributed by atoms with Gasteiger partial charge >= 0.3 is 16.5 Å². The van der Waals surface area contributed by atoms with Crippen molar-refractivity contribution in [2.24, 2.45) is 0 Å². The first-order chi connectivity index (χ1) is 27.0. The van der Waals surface area contributed by atoms with Crippen LogP contribution in [-0.2, 0) is 16.2 Å². The number of rotatable bonds is 5. The molecule has 0 saturated heterocycles. The summed E-state index contributed by atoms with van der Waals surface area (Å²) >= 11 is 2.39. The first-order valence-electron chi connectivity index (χ1n) is 19.1. The molecule has 2 heterocycles. The van der Waals surface area contributed by atoms with E-state index in [4.69, 9.17) is 25.8 Å². The summed E-state index contributed by atoms with van der Waals surface area (Å²) in [6.45, 7) is 20.1. The maximum atomic E-state index is 7.19. The van der Waals surface area contributed by atoms with E-state index in [0.717, 1.165) is 47.4 Å². The smallest absolute Gasteiger partial charge is 0.390 e. The van der Waals surface area contributed by atoms with Gasteiger partial charge in [-0.3, -0.25) is 0 Å². The molecule has 57 heavy (non-hydrogen) atoms. The Morgan fingerprint density at radius 3 is 1.12 bits per heavy atom. The molecule has 0 bridgehead atoms. The van der Waals surface area contributed by atoms with Gasteiger partial charge in [-0.15, -0.1) is 0 Å². The van der Waals surface area contributed by atoms with E-state index in [0.29, 0.717) is 33.8 Å². The lowest BCUT2D eigenvalue weighted by atomic mass is 9.77. The third kappa shape index (κ3) is 7.99. The van der Waals surface area contributed by atoms with E-state index in [1.165, 1.54) is 5.56 Å². The standard InChI is InChI=1S/C48H47IO6P2/c1-46(2,3)30-26-36(44(38(28-30)48(7,8)9)54-56-50-40-22-14-10-18-32(40)33-19-11-15-23-41(33)51-56)37-27-31(47(4,5)6)29-39(49)45(37)55-57-52-42-24-16-12-20-34(42)35-21-13-17-25-43(35)53-57/h10-29H,1-9H3. The Hall–Kier alpha value is -4.55. The number of para-hydroxylation sites is 4. The Kier molecular flexibility index (Phi) is 10.3. The predicted octanol–water partition coefficient (Wildman–Crippen LogP) is 16.7. The molecule has 9 heteroatoms. The Morgan fingerprint density at radius 2 is 0.754 bits per heavy atom. The zero-order valence-electron chi connectivity index (χ0n) is 33.8. The van der Waals surface area contributed by atoms with Gasteiger partial charge < -0.3 is 25.8 Å². The summed E-state index contributed by atoms with van der Waals surface area (Å²) < 4.78 is 41.8. The van der Waals surface area contributed by atoms with E-state index in [1.54, 1.807) is 0 Å². The van der Waals surface area contributed by atoms with Gasteiger partial charge in [0, 0.05) is 38.2 Å². The summed E-state index contributed by atoms with van der Waals surface area (Å²) in [5.41, 5.74) is 7.22. The van der Waals surface area contributed by atoms with Crippen LogP contribution < -0.4 is 9.05 Å². The van der Waals surface area contributed by atoms with Crippen LogP contribution in [0.1, 0.15) is 79.0 Å². The Balaban J connectivity index is 1.44. The van der Waals surface area contributed by atoms with E-state index in [9.17, 15) is 0 Å². The van der Waals surface area contributed by atoms with Crippen LogP contribution in [0.3, 0.4) is 0 Å². The SMILES string of the molecule is CC(C)(C)c1cc(I)c(Op2oc3ccccc3c3ccccc3o2)c(-c2cc(C(C)(C)C)cc(C(C)(C)C)c2Op2oc3ccccc3c3ccccc3o2)c1. The molecular formula is C48H47IO6P2. The van der Waals surface area contributed by atoms with Crippen LogP contribution in [0.15, 0.2) is 138 Å². The quantitative estimate of drug-likeness (QED) is 0.160. The van der Waals surface area contributed by atoms with Gasteiger partial charge in [0.1, 0.15) is 28.1 Å². The van der Waals surface area contributed by atoms with Crippen LogP contribution in [0.4, 0.5) is 0 Å². The van der Waals surface area contributed by atoms with Crippen LogP contribution in [-0.4, -0.2) is 0 Å². The first-order valence-corrected chi connectivity index (χ1v) is 22.4. The van der Waals surface area contributed by atoms with E-state index >= 15 is 0 Å². The molecule has 0 aliphatic rings. The average molecular weight is 909 g/mol. The normalized spacial score (nSPS) is 12.4. The van der Waals surface area contributed by atoms with Crippen molar-refractivity contribution >= 4 is 82.9 Å². The molecule has 0 spiro atoms. The summed E-state index contributed by atoms with van der Waals surface area (Å²) in [4.78, 5) is 0. The minimum absolute atomic E-state index is 0.174. The van der Waals surface area contributed by atoms with Crippen molar-refractivity contribution in [3.05, 3.63) is 142 Å². The Morgan fingerprint density at radius 1 is 0.421 bits per heavy atom. The highest BCUT2D eigenvalue weighted by molar-refractivity contribution is 14.1. The van der Waals surface area contributed by atoms with E-state index in [2.05, 4.69) is 133 Å². The number of hydrogen-bond acceptors (Lipinski definition) is 6. The average Bonchev–Trinajstić information content (AvgIpc) is 3.41. The zero-order valence-corrected chi connectivity index (χ0v) is 37.7. The molecule has 0 amide bonds. The van der Waals surface area contributed by atoms with Crippen LogP contribution in [0.5, 0.6) is 11.5 Å².